The maximum absolute atomic E-state index is 12.3. The van der Waals surface area contributed by atoms with E-state index in [1.54, 1.807) is 23.1 Å². The van der Waals surface area contributed by atoms with E-state index in [2.05, 4.69) is 20.6 Å². The van der Waals surface area contributed by atoms with Crippen molar-refractivity contribution in [2.75, 3.05) is 50.0 Å². The summed E-state index contributed by atoms with van der Waals surface area (Å²) in [5, 5.41) is 5.47. The number of nitrogens with zero attached hydrogens (tertiary/aromatic N) is 3. The van der Waals surface area contributed by atoms with Crippen LogP contribution in [0.2, 0.25) is 0 Å². The van der Waals surface area contributed by atoms with Gasteiger partial charge in [-0.2, -0.15) is 4.98 Å². The second-order valence-electron chi connectivity index (χ2n) is 5.43. The molecule has 2 amide bonds. The highest BCUT2D eigenvalue weighted by Gasteiger charge is 2.15. The number of amides is 2. The molecule has 9 heteroatoms. The monoisotopic (exact) mass is 345 g/mol. The van der Waals surface area contributed by atoms with Gasteiger partial charge in [0.25, 0.3) is 0 Å². The lowest BCUT2D eigenvalue weighted by molar-refractivity contribution is 0.171. The fourth-order valence-electron chi connectivity index (χ4n) is 2.29. The third kappa shape index (κ3) is 3.82. The lowest BCUT2D eigenvalue weighted by Crippen LogP contribution is -2.23. The summed E-state index contributed by atoms with van der Waals surface area (Å²) in [5.74, 6) is 1.80. The van der Waals surface area contributed by atoms with E-state index >= 15 is 0 Å². The molecule has 2 aromatic rings. The first-order chi connectivity index (χ1) is 12.1. The van der Waals surface area contributed by atoms with E-state index < -0.39 is 6.03 Å². The average molecular weight is 345 g/mol. The summed E-state index contributed by atoms with van der Waals surface area (Å²) in [6.45, 7) is 1.00. The van der Waals surface area contributed by atoms with Crippen LogP contribution < -0.4 is 29.7 Å². The molecule has 0 unspecified atom stereocenters. The smallest absolute Gasteiger partial charge is 0.323 e. The zero-order chi connectivity index (χ0) is 17.8. The summed E-state index contributed by atoms with van der Waals surface area (Å²) in [7, 11) is 5.10. The molecule has 0 fully saturated rings. The lowest BCUT2D eigenvalue weighted by atomic mass is 10.2. The Morgan fingerprint density at radius 3 is 2.68 bits per heavy atom. The molecule has 0 spiro atoms. The normalized spacial score (nSPS) is 12.3. The van der Waals surface area contributed by atoms with Crippen LogP contribution >= 0.6 is 0 Å². The maximum Gasteiger partial charge on any atom is 0.323 e. The Balaban J connectivity index is 1.72. The van der Waals surface area contributed by atoms with Gasteiger partial charge in [0.2, 0.25) is 0 Å². The van der Waals surface area contributed by atoms with Crippen LogP contribution in [0.4, 0.5) is 22.0 Å². The van der Waals surface area contributed by atoms with E-state index in [9.17, 15) is 4.79 Å². The first kappa shape index (κ1) is 16.6. The molecule has 132 valence electrons. The molecule has 0 saturated heterocycles. The number of rotatable bonds is 4. The average Bonchev–Trinajstić information content (AvgIpc) is 2.61. The van der Waals surface area contributed by atoms with Crippen molar-refractivity contribution in [2.45, 2.75) is 0 Å². The quantitative estimate of drug-likeness (QED) is 0.874. The summed E-state index contributed by atoms with van der Waals surface area (Å²) in [6.07, 6.45) is 1.49. The van der Waals surface area contributed by atoms with Crippen LogP contribution in [-0.2, 0) is 0 Å². The number of fused-ring (bicyclic) bond motifs is 1. The predicted octanol–water partition coefficient (Wildman–Crippen LogP) is 1.97. The van der Waals surface area contributed by atoms with Gasteiger partial charge in [-0.15, -0.1) is 0 Å². The third-order valence-corrected chi connectivity index (χ3v) is 3.40. The Morgan fingerprint density at radius 2 is 1.96 bits per heavy atom. The molecule has 1 aromatic carbocycles. The van der Waals surface area contributed by atoms with Gasteiger partial charge in [0, 0.05) is 25.8 Å². The summed E-state index contributed by atoms with van der Waals surface area (Å²) >= 11 is 0. The number of hydrogen-bond acceptors (Lipinski definition) is 7. The number of carbonyl (C=O) groups is 1. The van der Waals surface area contributed by atoms with Crippen LogP contribution in [0.3, 0.4) is 0 Å². The van der Waals surface area contributed by atoms with Crippen LogP contribution in [0.1, 0.15) is 0 Å². The number of urea groups is 1. The van der Waals surface area contributed by atoms with Gasteiger partial charge in [-0.05, 0) is 12.1 Å². The van der Waals surface area contributed by atoms with Crippen molar-refractivity contribution in [3.05, 3.63) is 24.4 Å². The zero-order valence-electron chi connectivity index (χ0n) is 14.2. The minimum Gasteiger partial charge on any atom is -0.486 e. The van der Waals surface area contributed by atoms with Crippen molar-refractivity contribution >= 4 is 23.2 Å². The number of methoxy groups -OCH3 is 1. The number of benzene rings is 1. The van der Waals surface area contributed by atoms with Crippen molar-refractivity contribution in [1.29, 1.82) is 0 Å². The number of nitrogens with one attached hydrogen (secondary N) is 2. The van der Waals surface area contributed by atoms with Crippen LogP contribution in [0.25, 0.3) is 0 Å². The van der Waals surface area contributed by atoms with Gasteiger partial charge in [0.05, 0.1) is 13.3 Å². The van der Waals surface area contributed by atoms with Gasteiger partial charge in [-0.25, -0.2) is 9.78 Å². The molecular weight excluding hydrogens is 326 g/mol. The fourth-order valence-corrected chi connectivity index (χ4v) is 2.29. The Labute approximate surface area is 144 Å². The molecule has 0 radical (unpaired) electrons. The number of ether oxygens (including phenoxy) is 3. The number of anilines is 3. The third-order valence-electron chi connectivity index (χ3n) is 3.40. The van der Waals surface area contributed by atoms with Crippen LogP contribution in [0, 0.1) is 0 Å². The minimum atomic E-state index is -0.423. The molecule has 2 N–H and O–H groups in total. The lowest BCUT2D eigenvalue weighted by Gasteiger charge is -2.19. The predicted molar refractivity (Wildman–Crippen MR) is 93.0 cm³/mol. The summed E-state index contributed by atoms with van der Waals surface area (Å²) in [6, 6.07) is 5.01. The molecule has 0 saturated carbocycles. The van der Waals surface area contributed by atoms with Crippen molar-refractivity contribution in [3.63, 3.8) is 0 Å². The Kier molecular flexibility index (Phi) is 4.73. The number of hydrogen-bond donors (Lipinski definition) is 2. The van der Waals surface area contributed by atoms with Gasteiger partial charge in [-0.1, -0.05) is 0 Å². The van der Waals surface area contributed by atoms with Gasteiger partial charge in [0.15, 0.2) is 17.3 Å². The van der Waals surface area contributed by atoms with Crippen LogP contribution in [0.5, 0.6) is 17.5 Å². The molecule has 1 aromatic heterocycles. The maximum atomic E-state index is 12.3. The number of carbonyl (C=O) groups excluding carboxylic acids is 1. The van der Waals surface area contributed by atoms with E-state index in [1.807, 2.05) is 14.1 Å². The fraction of sp³-hybridized carbons (Fsp3) is 0.312. The van der Waals surface area contributed by atoms with Crippen molar-refractivity contribution in [2.24, 2.45) is 0 Å². The Hall–Kier alpha value is -3.23. The molecule has 25 heavy (non-hydrogen) atoms. The highest BCUT2D eigenvalue weighted by atomic mass is 16.6. The SMILES string of the molecule is COc1ncc(NC(=O)Nc2ccc3c(c2)OCCO3)c(N(C)C)n1. The topological polar surface area (TPSA) is 97.8 Å². The molecule has 2 heterocycles. The van der Waals surface area contributed by atoms with Crippen LogP contribution in [-0.4, -0.2) is 50.4 Å². The van der Waals surface area contributed by atoms with Crippen molar-refractivity contribution < 1.29 is 19.0 Å². The first-order valence-electron chi connectivity index (χ1n) is 7.63. The summed E-state index contributed by atoms with van der Waals surface area (Å²) < 4.78 is 16.0. The second kappa shape index (κ2) is 7.12. The van der Waals surface area contributed by atoms with Gasteiger partial charge in [0.1, 0.15) is 18.9 Å². The highest BCUT2D eigenvalue weighted by Crippen LogP contribution is 2.32. The van der Waals surface area contributed by atoms with E-state index in [1.165, 1.54) is 13.3 Å². The number of aromatic nitrogens is 2. The van der Waals surface area contributed by atoms with Gasteiger partial charge in [-0.3, -0.25) is 0 Å². The molecular formula is C16H19N5O4. The Morgan fingerprint density at radius 1 is 1.20 bits per heavy atom. The van der Waals surface area contributed by atoms with Gasteiger partial charge >= 0.3 is 12.0 Å². The van der Waals surface area contributed by atoms with E-state index in [0.29, 0.717) is 41.9 Å². The molecule has 9 nitrogen and oxygen atoms in total. The zero-order valence-corrected chi connectivity index (χ0v) is 14.2. The largest absolute Gasteiger partial charge is 0.486 e. The first-order valence-corrected chi connectivity index (χ1v) is 7.63. The summed E-state index contributed by atoms with van der Waals surface area (Å²) in [4.78, 5) is 22.3. The van der Waals surface area contributed by atoms with Crippen molar-refractivity contribution in [3.8, 4) is 17.5 Å². The standard InChI is InChI=1S/C16H19N5O4/c1-21(2)14-11(9-17-16(20-14)23-3)19-15(22)18-10-4-5-12-13(8-10)25-7-6-24-12/h4-5,8-9H,6-7H2,1-3H3,(H2,18,19,22). The molecule has 1 aliphatic heterocycles. The van der Waals surface area contributed by atoms with E-state index in [4.69, 9.17) is 14.2 Å². The Bertz CT molecular complexity index is 781. The molecule has 0 bridgehead atoms. The second-order valence-corrected chi connectivity index (χ2v) is 5.43. The summed E-state index contributed by atoms with van der Waals surface area (Å²) in [5.41, 5.74) is 1.04. The van der Waals surface area contributed by atoms with E-state index in [0.717, 1.165) is 0 Å². The molecule has 0 atom stereocenters. The molecule has 0 aliphatic carbocycles. The molecule has 1 aliphatic rings. The van der Waals surface area contributed by atoms with Crippen LogP contribution in [0.15, 0.2) is 24.4 Å². The minimum absolute atomic E-state index is 0.224. The van der Waals surface area contributed by atoms with E-state index in [-0.39, 0.29) is 6.01 Å². The molecule has 3 rings (SSSR count). The van der Waals surface area contributed by atoms with Crippen molar-refractivity contribution in [1.82, 2.24) is 9.97 Å². The van der Waals surface area contributed by atoms with Gasteiger partial charge < -0.3 is 29.7 Å². The highest BCUT2D eigenvalue weighted by molar-refractivity contribution is 6.01.